The highest BCUT2D eigenvalue weighted by atomic mass is 16.6. The number of fused-ring (bicyclic) bond motifs is 1. The normalized spacial score (nSPS) is 11.3. The van der Waals surface area contributed by atoms with Crippen molar-refractivity contribution in [2.75, 3.05) is 6.54 Å². The minimum atomic E-state index is -0.705. The molecule has 7 nitrogen and oxygen atoms in total. The molecular formula is C19H23NO6. The molecule has 7 heteroatoms. The van der Waals surface area contributed by atoms with Crippen LogP contribution >= 0.6 is 0 Å². The van der Waals surface area contributed by atoms with E-state index in [0.29, 0.717) is 17.6 Å². The van der Waals surface area contributed by atoms with E-state index in [1.54, 1.807) is 39.8 Å². The van der Waals surface area contributed by atoms with Gasteiger partial charge in [0.1, 0.15) is 23.5 Å². The Hall–Kier alpha value is -2.83. The van der Waals surface area contributed by atoms with Crippen molar-refractivity contribution in [3.8, 4) is 5.75 Å². The molecule has 0 aliphatic rings. The molecule has 1 aromatic heterocycles. The predicted octanol–water partition coefficient (Wildman–Crippen LogP) is 3.09. The van der Waals surface area contributed by atoms with Gasteiger partial charge in [0.15, 0.2) is 0 Å². The lowest BCUT2D eigenvalue weighted by atomic mass is 10.0. The lowest BCUT2D eigenvalue weighted by molar-refractivity contribution is -0.133. The first-order chi connectivity index (χ1) is 12.1. The lowest BCUT2D eigenvalue weighted by Gasteiger charge is -2.19. The van der Waals surface area contributed by atoms with E-state index < -0.39 is 23.3 Å². The van der Waals surface area contributed by atoms with Gasteiger partial charge in [-0.3, -0.25) is 0 Å². The van der Waals surface area contributed by atoms with Crippen LogP contribution < -0.4 is 15.7 Å². The molecule has 0 aliphatic carbocycles. The van der Waals surface area contributed by atoms with E-state index in [4.69, 9.17) is 13.9 Å². The molecule has 0 unspecified atom stereocenters. The minimum absolute atomic E-state index is 0.268. The number of nitrogens with one attached hydrogen (secondary N) is 1. The molecule has 0 aliphatic heterocycles. The second-order valence-corrected chi connectivity index (χ2v) is 6.84. The summed E-state index contributed by atoms with van der Waals surface area (Å²) in [6.45, 7) is 8.48. The number of hydrogen-bond acceptors (Lipinski definition) is 6. The number of rotatable bonds is 4. The zero-order chi connectivity index (χ0) is 19.5. The largest absolute Gasteiger partial charge is 0.444 e. The van der Waals surface area contributed by atoms with Crippen molar-refractivity contribution < 1.29 is 23.5 Å². The van der Waals surface area contributed by atoms with Gasteiger partial charge in [-0.05, 0) is 51.8 Å². The lowest BCUT2D eigenvalue weighted by Crippen LogP contribution is -2.36. The van der Waals surface area contributed by atoms with Gasteiger partial charge in [-0.2, -0.15) is 0 Å². The molecule has 0 bridgehead atoms. The summed E-state index contributed by atoms with van der Waals surface area (Å²) in [4.78, 5) is 35.3. The van der Waals surface area contributed by atoms with Crippen LogP contribution in [0.5, 0.6) is 5.75 Å². The van der Waals surface area contributed by atoms with Gasteiger partial charge < -0.3 is 19.2 Å². The fourth-order valence-electron chi connectivity index (χ4n) is 2.43. The Morgan fingerprint density at radius 2 is 1.92 bits per heavy atom. The number of benzene rings is 1. The fraction of sp³-hybridized carbons (Fsp3) is 0.421. The number of hydrogen-bond donors (Lipinski definition) is 1. The van der Waals surface area contributed by atoms with Crippen molar-refractivity contribution >= 4 is 23.0 Å². The monoisotopic (exact) mass is 361 g/mol. The molecule has 1 amide bonds. The molecule has 0 spiro atoms. The summed E-state index contributed by atoms with van der Waals surface area (Å²) in [5, 5.41) is 3.14. The summed E-state index contributed by atoms with van der Waals surface area (Å²) >= 11 is 0. The van der Waals surface area contributed by atoms with Crippen LogP contribution in [0.4, 0.5) is 4.79 Å². The maximum absolute atomic E-state index is 12.0. The Labute approximate surface area is 151 Å². The van der Waals surface area contributed by atoms with Crippen LogP contribution in [-0.4, -0.2) is 24.2 Å². The van der Waals surface area contributed by atoms with Gasteiger partial charge in [0.2, 0.25) is 0 Å². The zero-order valence-corrected chi connectivity index (χ0v) is 15.6. The highest BCUT2D eigenvalue weighted by Crippen LogP contribution is 2.28. The molecule has 0 radical (unpaired) electrons. The maximum Gasteiger partial charge on any atom is 0.408 e. The number of ether oxygens (including phenoxy) is 2. The molecule has 140 valence electrons. The van der Waals surface area contributed by atoms with E-state index >= 15 is 0 Å². The van der Waals surface area contributed by atoms with E-state index in [0.717, 1.165) is 10.9 Å². The Bertz CT molecular complexity index is 891. The van der Waals surface area contributed by atoms with Gasteiger partial charge >= 0.3 is 17.7 Å². The maximum atomic E-state index is 12.0. The average molecular weight is 361 g/mol. The molecule has 2 rings (SSSR count). The molecule has 1 heterocycles. The van der Waals surface area contributed by atoms with Crippen LogP contribution in [0.25, 0.3) is 11.0 Å². The second kappa shape index (κ2) is 7.59. The van der Waals surface area contributed by atoms with E-state index in [-0.39, 0.29) is 12.3 Å². The number of alkyl carbamates (subject to hydrolysis) is 1. The molecule has 0 saturated carbocycles. The fourth-order valence-corrected chi connectivity index (χ4v) is 2.43. The average Bonchev–Trinajstić information content (AvgIpc) is 2.53. The molecular weight excluding hydrogens is 338 g/mol. The Balaban J connectivity index is 2.13. The van der Waals surface area contributed by atoms with Crippen molar-refractivity contribution in [2.45, 2.75) is 46.6 Å². The van der Waals surface area contributed by atoms with Crippen molar-refractivity contribution in [3.63, 3.8) is 0 Å². The molecule has 26 heavy (non-hydrogen) atoms. The summed E-state index contributed by atoms with van der Waals surface area (Å²) in [5.74, 6) is -0.391. The molecule has 0 saturated heterocycles. The molecule has 0 atom stereocenters. The summed E-state index contributed by atoms with van der Waals surface area (Å²) < 4.78 is 15.6. The van der Waals surface area contributed by atoms with E-state index in [1.165, 1.54) is 6.07 Å². The zero-order valence-electron chi connectivity index (χ0n) is 15.6. The second-order valence-electron chi connectivity index (χ2n) is 6.84. The Morgan fingerprint density at radius 3 is 2.54 bits per heavy atom. The summed E-state index contributed by atoms with van der Waals surface area (Å²) in [6, 6.07) is 4.84. The van der Waals surface area contributed by atoms with Gasteiger partial charge in [-0.1, -0.05) is 6.92 Å². The first kappa shape index (κ1) is 19.5. The van der Waals surface area contributed by atoms with Crippen LogP contribution in [0, 0.1) is 6.92 Å². The first-order valence-corrected chi connectivity index (χ1v) is 8.34. The van der Waals surface area contributed by atoms with Gasteiger partial charge in [-0.15, -0.1) is 0 Å². The molecule has 1 N–H and O–H groups in total. The summed E-state index contributed by atoms with van der Waals surface area (Å²) in [5.41, 5.74) is 0.689. The number of aryl methyl sites for hydroxylation is 2. The Kier molecular flexibility index (Phi) is 5.69. The molecule has 0 fully saturated rings. The smallest absolute Gasteiger partial charge is 0.408 e. The van der Waals surface area contributed by atoms with E-state index in [9.17, 15) is 14.4 Å². The third kappa shape index (κ3) is 4.84. The van der Waals surface area contributed by atoms with Gasteiger partial charge in [-0.25, -0.2) is 14.4 Å². The van der Waals surface area contributed by atoms with Gasteiger partial charge in [0.05, 0.1) is 0 Å². The van der Waals surface area contributed by atoms with Gasteiger partial charge in [0, 0.05) is 17.0 Å². The molecule has 2 aromatic rings. The van der Waals surface area contributed by atoms with Crippen LogP contribution in [0.1, 0.15) is 38.8 Å². The highest BCUT2D eigenvalue weighted by Gasteiger charge is 2.18. The van der Waals surface area contributed by atoms with Crippen LogP contribution in [-0.2, 0) is 16.0 Å². The minimum Gasteiger partial charge on any atom is -0.444 e. The van der Waals surface area contributed by atoms with Crippen LogP contribution in [0.3, 0.4) is 0 Å². The topological polar surface area (TPSA) is 94.8 Å². The van der Waals surface area contributed by atoms with E-state index in [1.807, 2.05) is 6.92 Å². The van der Waals surface area contributed by atoms with Gasteiger partial charge in [0.25, 0.3) is 0 Å². The predicted molar refractivity (Wildman–Crippen MR) is 96.5 cm³/mol. The standard InChI is InChI=1S/C19H23NO6/c1-6-12-9-15(21)25-17-11(2)14(8-7-13(12)17)24-16(22)10-20-18(23)26-19(3,4)5/h7-9H,6,10H2,1-5H3,(H,20,23). The van der Waals surface area contributed by atoms with Crippen LogP contribution in [0.15, 0.2) is 27.4 Å². The van der Waals surface area contributed by atoms with Crippen molar-refractivity contribution in [3.05, 3.63) is 39.7 Å². The highest BCUT2D eigenvalue weighted by molar-refractivity contribution is 5.86. The number of esters is 1. The summed E-state index contributed by atoms with van der Waals surface area (Å²) in [6.07, 6.45) is -0.0243. The van der Waals surface area contributed by atoms with E-state index in [2.05, 4.69) is 5.32 Å². The third-order valence-electron chi connectivity index (χ3n) is 3.58. The van der Waals surface area contributed by atoms with Crippen LogP contribution in [0.2, 0.25) is 0 Å². The van der Waals surface area contributed by atoms with Crippen molar-refractivity contribution in [2.24, 2.45) is 0 Å². The SMILES string of the molecule is CCc1cc(=O)oc2c(C)c(OC(=O)CNC(=O)OC(C)(C)C)ccc12. The number of carbonyl (C=O) groups is 2. The van der Waals surface area contributed by atoms with Crippen molar-refractivity contribution in [1.82, 2.24) is 5.32 Å². The quantitative estimate of drug-likeness (QED) is 0.511. The number of carbonyl (C=O) groups excluding carboxylic acids is 2. The third-order valence-corrected chi connectivity index (χ3v) is 3.58. The number of amides is 1. The van der Waals surface area contributed by atoms with Crippen molar-refractivity contribution in [1.29, 1.82) is 0 Å². The summed E-state index contributed by atoms with van der Waals surface area (Å²) in [7, 11) is 0. The Morgan fingerprint density at radius 1 is 1.23 bits per heavy atom. The first-order valence-electron chi connectivity index (χ1n) is 8.34. The molecule has 1 aromatic carbocycles.